The van der Waals surface area contributed by atoms with Crippen LogP contribution in [0.1, 0.15) is 12.0 Å². The molecule has 2 heterocycles. The Morgan fingerprint density at radius 2 is 2.31 bits per heavy atom. The quantitative estimate of drug-likeness (QED) is 0.822. The molecule has 1 aromatic rings. The first-order valence-corrected chi connectivity index (χ1v) is 5.87. The fraction of sp³-hybridized carbons (Fsp3) is 0.500. The van der Waals surface area contributed by atoms with Crippen LogP contribution in [0.25, 0.3) is 0 Å². The molecule has 0 spiro atoms. The molecule has 4 nitrogen and oxygen atoms in total. The van der Waals surface area contributed by atoms with Crippen LogP contribution in [0.5, 0.6) is 0 Å². The molecule has 0 bridgehead atoms. The van der Waals surface area contributed by atoms with Gasteiger partial charge in [0.1, 0.15) is 0 Å². The lowest BCUT2D eigenvalue weighted by atomic mass is 10.1. The molecule has 3 rings (SSSR count). The Balaban J connectivity index is 1.68. The van der Waals surface area contributed by atoms with Gasteiger partial charge in [-0.25, -0.2) is 0 Å². The van der Waals surface area contributed by atoms with Crippen molar-refractivity contribution >= 4 is 5.69 Å². The van der Waals surface area contributed by atoms with Gasteiger partial charge in [0.15, 0.2) is 0 Å². The van der Waals surface area contributed by atoms with E-state index in [1.165, 1.54) is 12.0 Å². The number of nitrogens with zero attached hydrogens (tertiary/aromatic N) is 3. The molecule has 0 saturated carbocycles. The van der Waals surface area contributed by atoms with E-state index in [0.29, 0.717) is 0 Å². The summed E-state index contributed by atoms with van der Waals surface area (Å²) in [5.41, 5.74) is 2.30. The maximum atomic E-state index is 4.26. The number of fused-ring (bicyclic) bond motifs is 1. The van der Waals surface area contributed by atoms with Gasteiger partial charge in [-0.2, -0.15) is 0 Å². The van der Waals surface area contributed by atoms with E-state index in [9.17, 15) is 0 Å². The predicted molar refractivity (Wildman–Crippen MR) is 62.3 cm³/mol. The Morgan fingerprint density at radius 1 is 1.38 bits per heavy atom. The van der Waals surface area contributed by atoms with Gasteiger partial charge in [-0.3, -0.25) is 5.01 Å². The molecule has 1 aromatic carbocycles. The van der Waals surface area contributed by atoms with Crippen molar-refractivity contribution in [2.45, 2.75) is 13.0 Å². The summed E-state index contributed by atoms with van der Waals surface area (Å²) >= 11 is 0. The Kier molecular flexibility index (Phi) is 2.58. The van der Waals surface area contributed by atoms with Crippen molar-refractivity contribution < 1.29 is 0 Å². The summed E-state index contributed by atoms with van der Waals surface area (Å²) in [5.74, 6) is 0.726. The molecule has 1 atom stereocenters. The fourth-order valence-corrected chi connectivity index (χ4v) is 2.35. The van der Waals surface area contributed by atoms with Gasteiger partial charge in [-0.05, 0) is 31.5 Å². The first-order chi connectivity index (χ1) is 7.92. The molecule has 1 fully saturated rings. The van der Waals surface area contributed by atoms with Gasteiger partial charge in [0, 0.05) is 12.1 Å². The molecule has 2 aliphatic heterocycles. The van der Waals surface area contributed by atoms with E-state index in [4.69, 9.17) is 0 Å². The first kappa shape index (κ1) is 9.78. The topological polar surface area (TPSA) is 40.0 Å². The molecule has 0 aromatic heterocycles. The number of hydrogen-bond donors (Lipinski definition) is 1. The second kappa shape index (κ2) is 4.22. The molecule has 1 N–H and O–H groups in total. The van der Waals surface area contributed by atoms with Crippen molar-refractivity contribution in [3.8, 4) is 0 Å². The first-order valence-electron chi connectivity index (χ1n) is 5.87. The van der Waals surface area contributed by atoms with Gasteiger partial charge in [-0.15, -0.1) is 5.11 Å². The van der Waals surface area contributed by atoms with Gasteiger partial charge in [0.25, 0.3) is 0 Å². The highest BCUT2D eigenvalue weighted by molar-refractivity contribution is 5.45. The normalized spacial score (nSPS) is 23.5. The number of nitrogens with one attached hydrogen (secondary N) is 1. The number of benzene rings is 1. The summed E-state index contributed by atoms with van der Waals surface area (Å²) in [5, 5.41) is 14.0. The second-order valence-electron chi connectivity index (χ2n) is 4.52. The minimum Gasteiger partial charge on any atom is -0.316 e. The Hall–Kier alpha value is -1.42. The summed E-state index contributed by atoms with van der Waals surface area (Å²) in [6.45, 7) is 4.18. The van der Waals surface area contributed by atoms with E-state index < -0.39 is 0 Å². The molecular weight excluding hydrogens is 200 g/mol. The highest BCUT2D eigenvalue weighted by Crippen LogP contribution is 2.26. The Morgan fingerprint density at radius 3 is 3.19 bits per heavy atom. The molecule has 4 heteroatoms. The zero-order chi connectivity index (χ0) is 10.8. The molecule has 16 heavy (non-hydrogen) atoms. The zero-order valence-electron chi connectivity index (χ0n) is 9.26. The largest absolute Gasteiger partial charge is 0.316 e. The molecule has 2 aliphatic rings. The number of hydrogen-bond acceptors (Lipinski definition) is 4. The summed E-state index contributed by atoms with van der Waals surface area (Å²) in [6.07, 6.45) is 1.26. The molecule has 0 amide bonds. The summed E-state index contributed by atoms with van der Waals surface area (Å²) < 4.78 is 0. The minimum absolute atomic E-state index is 0.726. The van der Waals surface area contributed by atoms with Crippen molar-refractivity contribution in [1.82, 2.24) is 10.3 Å². The maximum Gasteiger partial charge on any atom is 0.0924 e. The van der Waals surface area contributed by atoms with Crippen LogP contribution in [0.3, 0.4) is 0 Å². The van der Waals surface area contributed by atoms with Gasteiger partial charge in [0.05, 0.1) is 12.2 Å². The lowest BCUT2D eigenvalue weighted by Gasteiger charge is -2.24. The zero-order valence-corrected chi connectivity index (χ0v) is 9.26. The summed E-state index contributed by atoms with van der Waals surface area (Å²) in [7, 11) is 0. The van der Waals surface area contributed by atoms with Gasteiger partial charge in [0.2, 0.25) is 0 Å². The van der Waals surface area contributed by atoms with E-state index in [2.05, 4.69) is 32.8 Å². The average Bonchev–Trinajstić information content (AvgIpc) is 2.82. The SMILES string of the molecule is c1ccc2c(c1)CN(CC1CCNC1)N=N2. The highest BCUT2D eigenvalue weighted by Gasteiger charge is 2.20. The van der Waals surface area contributed by atoms with E-state index >= 15 is 0 Å². The smallest absolute Gasteiger partial charge is 0.0924 e. The Labute approximate surface area is 95.3 Å². The highest BCUT2D eigenvalue weighted by atomic mass is 15.5. The maximum absolute atomic E-state index is 4.26. The molecular formula is C12H16N4. The van der Waals surface area contributed by atoms with E-state index in [-0.39, 0.29) is 0 Å². The predicted octanol–water partition coefficient (Wildman–Crippen LogP) is 2.11. The molecule has 0 aliphatic carbocycles. The van der Waals surface area contributed by atoms with Crippen LogP contribution < -0.4 is 5.32 Å². The van der Waals surface area contributed by atoms with Crippen LogP contribution in [0.15, 0.2) is 34.6 Å². The summed E-state index contributed by atoms with van der Waals surface area (Å²) in [6, 6.07) is 8.23. The monoisotopic (exact) mass is 216 g/mol. The van der Waals surface area contributed by atoms with Gasteiger partial charge < -0.3 is 5.32 Å². The second-order valence-corrected chi connectivity index (χ2v) is 4.52. The van der Waals surface area contributed by atoms with E-state index in [1.54, 1.807) is 0 Å². The molecule has 1 unspecified atom stereocenters. The minimum atomic E-state index is 0.726. The van der Waals surface area contributed by atoms with E-state index in [1.807, 2.05) is 12.1 Å². The van der Waals surface area contributed by atoms with Crippen LogP contribution in [-0.4, -0.2) is 24.6 Å². The standard InChI is InChI=1S/C12H16N4/c1-2-4-12-11(3-1)9-16(15-14-12)8-10-5-6-13-7-10/h1-4,10,13H,5-9H2. The lowest BCUT2D eigenvalue weighted by Crippen LogP contribution is -2.26. The number of rotatable bonds is 2. The van der Waals surface area contributed by atoms with Gasteiger partial charge in [-0.1, -0.05) is 23.4 Å². The third kappa shape index (κ3) is 1.93. The van der Waals surface area contributed by atoms with Crippen LogP contribution in [0, 0.1) is 5.92 Å². The average molecular weight is 216 g/mol. The van der Waals surface area contributed by atoms with Crippen molar-refractivity contribution in [3.05, 3.63) is 29.8 Å². The van der Waals surface area contributed by atoms with E-state index in [0.717, 1.165) is 37.8 Å². The third-order valence-corrected chi connectivity index (χ3v) is 3.25. The van der Waals surface area contributed by atoms with Crippen molar-refractivity contribution in [2.24, 2.45) is 16.3 Å². The van der Waals surface area contributed by atoms with Crippen LogP contribution >= 0.6 is 0 Å². The molecule has 0 radical (unpaired) electrons. The van der Waals surface area contributed by atoms with Crippen LogP contribution in [-0.2, 0) is 6.54 Å². The van der Waals surface area contributed by atoms with Crippen molar-refractivity contribution in [1.29, 1.82) is 0 Å². The molecule has 84 valence electrons. The lowest BCUT2D eigenvalue weighted by molar-refractivity contribution is 0.218. The van der Waals surface area contributed by atoms with Crippen LogP contribution in [0.2, 0.25) is 0 Å². The van der Waals surface area contributed by atoms with Crippen molar-refractivity contribution in [3.63, 3.8) is 0 Å². The van der Waals surface area contributed by atoms with Crippen LogP contribution in [0.4, 0.5) is 5.69 Å². The fourth-order valence-electron chi connectivity index (χ4n) is 2.35. The third-order valence-electron chi connectivity index (χ3n) is 3.25. The summed E-state index contributed by atoms with van der Waals surface area (Å²) in [4.78, 5) is 0. The Bertz CT molecular complexity index is 396. The van der Waals surface area contributed by atoms with Crippen molar-refractivity contribution in [2.75, 3.05) is 19.6 Å². The van der Waals surface area contributed by atoms with Gasteiger partial charge >= 0.3 is 0 Å². The molecule has 1 saturated heterocycles.